The van der Waals surface area contributed by atoms with E-state index in [1.165, 1.54) is 84.8 Å². The molecule has 0 aliphatic heterocycles. The number of unbranched alkanes of at least 4 members (excludes halogenated alkanes) is 12. The van der Waals surface area contributed by atoms with Crippen molar-refractivity contribution >= 4 is 17.9 Å². The molecule has 3 unspecified atom stereocenters. The highest BCUT2D eigenvalue weighted by molar-refractivity contribution is 5.77. The Labute approximate surface area is 194 Å². The first-order valence-electron chi connectivity index (χ1n) is 12.3. The lowest BCUT2D eigenvalue weighted by atomic mass is 10.0. The molecule has 0 heterocycles. The fourth-order valence-corrected chi connectivity index (χ4v) is 4.32. The molecule has 0 fully saturated rings. The summed E-state index contributed by atoms with van der Waals surface area (Å²) in [5.74, 6) is -3.97. The van der Waals surface area contributed by atoms with Crippen molar-refractivity contribution in [3.8, 4) is 0 Å². The summed E-state index contributed by atoms with van der Waals surface area (Å²) in [6.07, 6.45) is 18.6. The average Bonchev–Trinajstić information content (AvgIpc) is 2.75. The van der Waals surface area contributed by atoms with Crippen LogP contribution in [0.3, 0.4) is 0 Å². The topological polar surface area (TPSA) is 115 Å². The second-order valence-corrected chi connectivity index (χ2v) is 8.98. The Morgan fingerprint density at radius 1 is 0.719 bits per heavy atom. The summed E-state index contributed by atoms with van der Waals surface area (Å²) in [7, 11) is 0. The minimum atomic E-state index is -1.47. The van der Waals surface area contributed by atoms with E-state index in [2.05, 4.69) is 6.92 Å². The molecule has 7 heteroatoms. The van der Waals surface area contributed by atoms with Crippen molar-refractivity contribution in [1.29, 1.82) is 0 Å². The van der Waals surface area contributed by atoms with Crippen LogP contribution in [0.1, 0.15) is 111 Å². The normalized spacial score (nSPS) is 16.4. The van der Waals surface area contributed by atoms with E-state index in [0.29, 0.717) is 6.42 Å². The van der Waals surface area contributed by atoms with E-state index >= 15 is 0 Å². The van der Waals surface area contributed by atoms with Crippen molar-refractivity contribution in [3.05, 3.63) is 12.3 Å². The van der Waals surface area contributed by atoms with Crippen LogP contribution in [0, 0.1) is 0 Å². The van der Waals surface area contributed by atoms with Gasteiger partial charge in [-0.25, -0.2) is 9.59 Å². The predicted molar refractivity (Wildman–Crippen MR) is 124 cm³/mol. The standard InChI is InChI=1S/C25H45NO6/c1-5-6-7-8-9-10-11-12-13-14-15-16-17-18-19-26(20(2)23(27)28,21(3)24(29)30)22(4)25(31)32/h18-22H,5-17H2,1-4H3,(H2-,27,28,29,30,31,32)/b19-18+. The number of carbonyl (C=O) groups is 3. The fourth-order valence-electron chi connectivity index (χ4n) is 4.32. The van der Waals surface area contributed by atoms with E-state index in [9.17, 15) is 29.7 Å². The van der Waals surface area contributed by atoms with Crippen LogP contribution in [0.5, 0.6) is 0 Å². The molecule has 0 aliphatic rings. The molecule has 3 atom stereocenters. The number of quaternary nitrogens is 1. The Kier molecular flexibility index (Phi) is 15.7. The first-order valence-corrected chi connectivity index (χ1v) is 12.3. The quantitative estimate of drug-likeness (QED) is 0.206. The van der Waals surface area contributed by atoms with Gasteiger partial charge in [-0.05, 0) is 39.7 Å². The van der Waals surface area contributed by atoms with Crippen LogP contribution in [-0.4, -0.2) is 50.7 Å². The third kappa shape index (κ3) is 10.2. The van der Waals surface area contributed by atoms with Crippen LogP contribution in [0.15, 0.2) is 12.3 Å². The summed E-state index contributed by atoms with van der Waals surface area (Å²) in [5.41, 5.74) is 0. The number of hydrogen-bond donors (Lipinski definition) is 2. The van der Waals surface area contributed by atoms with Crippen molar-refractivity contribution in [2.45, 2.75) is 129 Å². The number of nitrogens with zero attached hydrogens (tertiary/aromatic N) is 1. The Balaban J connectivity index is 4.63. The summed E-state index contributed by atoms with van der Waals surface area (Å²) in [5, 5.41) is 30.7. The van der Waals surface area contributed by atoms with E-state index in [1.54, 1.807) is 6.08 Å². The average molecular weight is 456 g/mol. The highest BCUT2D eigenvalue weighted by Crippen LogP contribution is 2.27. The van der Waals surface area contributed by atoms with Crippen LogP contribution < -0.4 is 5.11 Å². The van der Waals surface area contributed by atoms with E-state index < -0.39 is 40.5 Å². The predicted octanol–water partition coefficient (Wildman–Crippen LogP) is 4.49. The molecular weight excluding hydrogens is 410 g/mol. The number of allylic oxidation sites excluding steroid dienone is 1. The summed E-state index contributed by atoms with van der Waals surface area (Å²) in [6.45, 7) is 6.22. The lowest BCUT2D eigenvalue weighted by molar-refractivity contribution is -0.923. The Bertz CT molecular complexity index is 539. The third-order valence-corrected chi connectivity index (χ3v) is 6.66. The smallest absolute Gasteiger partial charge is 0.362 e. The van der Waals surface area contributed by atoms with Crippen molar-refractivity contribution < 1.29 is 34.2 Å². The third-order valence-electron chi connectivity index (χ3n) is 6.66. The maximum absolute atomic E-state index is 11.7. The second kappa shape index (κ2) is 16.7. The largest absolute Gasteiger partial charge is 0.544 e. The molecule has 0 amide bonds. The molecule has 0 aromatic rings. The van der Waals surface area contributed by atoms with Gasteiger partial charge in [0.1, 0.15) is 6.04 Å². The fraction of sp³-hybridized carbons (Fsp3) is 0.800. The molecule has 0 bridgehead atoms. The van der Waals surface area contributed by atoms with Gasteiger partial charge in [-0.15, -0.1) is 0 Å². The molecule has 0 aromatic heterocycles. The van der Waals surface area contributed by atoms with Crippen molar-refractivity contribution in [2.24, 2.45) is 0 Å². The molecule has 32 heavy (non-hydrogen) atoms. The molecule has 0 radical (unpaired) electrons. The molecule has 2 N–H and O–H groups in total. The van der Waals surface area contributed by atoms with Gasteiger partial charge in [0.25, 0.3) is 0 Å². The van der Waals surface area contributed by atoms with Gasteiger partial charge >= 0.3 is 11.9 Å². The van der Waals surface area contributed by atoms with Crippen LogP contribution in [-0.2, 0) is 14.4 Å². The number of carbonyl (C=O) groups excluding carboxylic acids is 1. The zero-order valence-corrected chi connectivity index (χ0v) is 20.6. The molecule has 0 saturated heterocycles. The van der Waals surface area contributed by atoms with Crippen LogP contribution in [0.4, 0.5) is 0 Å². The number of aliphatic carboxylic acids is 3. The zero-order valence-electron chi connectivity index (χ0n) is 20.6. The number of carboxylic acid groups (broad SMARTS) is 3. The molecule has 0 saturated carbocycles. The van der Waals surface area contributed by atoms with Gasteiger partial charge in [-0.1, -0.05) is 77.6 Å². The number of hydrogen-bond acceptors (Lipinski definition) is 4. The Morgan fingerprint density at radius 3 is 1.44 bits per heavy atom. The minimum absolute atomic E-state index is 0.649. The van der Waals surface area contributed by atoms with Gasteiger partial charge in [0.15, 0.2) is 12.1 Å². The van der Waals surface area contributed by atoms with E-state index in [4.69, 9.17) is 0 Å². The summed E-state index contributed by atoms with van der Waals surface area (Å²) >= 11 is 0. The Hall–Kier alpha value is -1.89. The van der Waals surface area contributed by atoms with Gasteiger partial charge in [0.2, 0.25) is 0 Å². The van der Waals surface area contributed by atoms with Crippen molar-refractivity contribution in [1.82, 2.24) is 0 Å². The maximum atomic E-state index is 11.7. The van der Waals surface area contributed by atoms with Crippen LogP contribution in [0.25, 0.3) is 0 Å². The minimum Gasteiger partial charge on any atom is -0.544 e. The van der Waals surface area contributed by atoms with Crippen molar-refractivity contribution in [3.63, 3.8) is 0 Å². The molecule has 0 aliphatic carbocycles. The SMILES string of the molecule is CCCCCCCCCCCCCC/C=C/[N+](C(C)C(=O)[O-])(C(C)C(=O)O)C(C)C(=O)O. The molecule has 186 valence electrons. The van der Waals surface area contributed by atoms with E-state index in [1.807, 2.05) is 0 Å². The molecular formula is C25H45NO6. The maximum Gasteiger partial charge on any atom is 0.362 e. The van der Waals surface area contributed by atoms with Crippen LogP contribution >= 0.6 is 0 Å². The highest BCUT2D eigenvalue weighted by Gasteiger charge is 2.49. The first kappa shape index (κ1) is 30.1. The number of rotatable bonds is 20. The Morgan fingerprint density at radius 2 is 1.09 bits per heavy atom. The summed E-state index contributed by atoms with van der Waals surface area (Å²) < 4.78 is -0.717. The van der Waals surface area contributed by atoms with Crippen molar-refractivity contribution in [2.75, 3.05) is 0 Å². The molecule has 7 nitrogen and oxygen atoms in total. The molecule has 0 spiro atoms. The molecule has 0 rings (SSSR count). The van der Waals surface area contributed by atoms with E-state index in [-0.39, 0.29) is 0 Å². The second-order valence-electron chi connectivity index (χ2n) is 8.98. The summed E-state index contributed by atoms with van der Waals surface area (Å²) in [6, 6.07) is -3.80. The first-order chi connectivity index (χ1) is 15.1. The van der Waals surface area contributed by atoms with E-state index in [0.717, 1.165) is 19.3 Å². The lowest BCUT2D eigenvalue weighted by Gasteiger charge is -2.46. The summed E-state index contributed by atoms with van der Waals surface area (Å²) in [4.78, 5) is 35.0. The van der Waals surface area contributed by atoms with Gasteiger partial charge in [0.05, 0.1) is 12.2 Å². The van der Waals surface area contributed by atoms with Gasteiger partial charge in [-0.2, -0.15) is 0 Å². The van der Waals surface area contributed by atoms with Gasteiger partial charge in [-0.3, -0.25) is 4.48 Å². The highest BCUT2D eigenvalue weighted by atomic mass is 16.4. The monoisotopic (exact) mass is 455 g/mol. The lowest BCUT2D eigenvalue weighted by Crippen LogP contribution is -2.68. The van der Waals surface area contributed by atoms with Crippen LogP contribution in [0.2, 0.25) is 0 Å². The van der Waals surface area contributed by atoms with Gasteiger partial charge in [0, 0.05) is 0 Å². The number of carboxylic acids is 3. The van der Waals surface area contributed by atoms with Gasteiger partial charge < -0.3 is 20.1 Å². The zero-order chi connectivity index (χ0) is 24.6. The molecule has 0 aromatic carbocycles.